The third kappa shape index (κ3) is 3.89. The Bertz CT molecular complexity index is 966. The quantitative estimate of drug-likeness (QED) is 0.595. The standard InChI is InChI=1S/C21H21NO5S/c1-25-18-8-4-16(5-9-18)22(17-6-10-19(26-2)11-7-17)28(23,24)21-14-12-20(27-3)13-15-21/h4-15H,1-3H3. The van der Waals surface area contributed by atoms with Crippen molar-refractivity contribution in [1.82, 2.24) is 0 Å². The minimum absolute atomic E-state index is 0.153. The van der Waals surface area contributed by atoms with E-state index >= 15 is 0 Å². The molecule has 0 fully saturated rings. The van der Waals surface area contributed by atoms with Crippen LogP contribution in [0.15, 0.2) is 77.7 Å². The lowest BCUT2D eigenvalue weighted by atomic mass is 10.2. The minimum Gasteiger partial charge on any atom is -0.497 e. The van der Waals surface area contributed by atoms with Gasteiger partial charge in [0, 0.05) is 0 Å². The van der Waals surface area contributed by atoms with Crippen LogP contribution in [-0.4, -0.2) is 29.7 Å². The number of anilines is 2. The van der Waals surface area contributed by atoms with E-state index in [4.69, 9.17) is 14.2 Å². The van der Waals surface area contributed by atoms with E-state index < -0.39 is 10.0 Å². The molecule has 0 aliphatic carbocycles. The zero-order valence-electron chi connectivity index (χ0n) is 15.8. The molecule has 7 heteroatoms. The number of benzene rings is 3. The van der Waals surface area contributed by atoms with Crippen molar-refractivity contribution < 1.29 is 22.6 Å². The van der Waals surface area contributed by atoms with Crippen LogP contribution in [0.4, 0.5) is 11.4 Å². The van der Waals surface area contributed by atoms with Crippen molar-refractivity contribution >= 4 is 21.4 Å². The Morgan fingerprint density at radius 3 is 1.21 bits per heavy atom. The summed E-state index contributed by atoms with van der Waals surface area (Å²) in [7, 11) is 0.777. The van der Waals surface area contributed by atoms with E-state index in [0.29, 0.717) is 28.6 Å². The summed E-state index contributed by atoms with van der Waals surface area (Å²) in [6, 6.07) is 19.9. The number of methoxy groups -OCH3 is 3. The molecule has 0 bridgehead atoms. The zero-order valence-corrected chi connectivity index (χ0v) is 16.6. The van der Waals surface area contributed by atoms with Gasteiger partial charge in [0.1, 0.15) is 17.2 Å². The fraction of sp³-hybridized carbons (Fsp3) is 0.143. The van der Waals surface area contributed by atoms with Crippen molar-refractivity contribution in [2.75, 3.05) is 25.6 Å². The maximum atomic E-state index is 13.5. The van der Waals surface area contributed by atoms with E-state index in [1.807, 2.05) is 0 Å². The number of ether oxygens (including phenoxy) is 3. The lowest BCUT2D eigenvalue weighted by Gasteiger charge is -2.25. The Kier molecular flexibility index (Phi) is 5.75. The van der Waals surface area contributed by atoms with Crippen molar-refractivity contribution in [2.45, 2.75) is 4.90 Å². The summed E-state index contributed by atoms with van der Waals surface area (Å²) in [6.07, 6.45) is 0. The van der Waals surface area contributed by atoms with Crippen LogP contribution >= 0.6 is 0 Å². The number of sulfonamides is 1. The Hall–Kier alpha value is -3.19. The van der Waals surface area contributed by atoms with Crippen molar-refractivity contribution in [3.05, 3.63) is 72.8 Å². The van der Waals surface area contributed by atoms with Crippen LogP contribution in [0.1, 0.15) is 0 Å². The molecule has 0 atom stereocenters. The average molecular weight is 399 g/mol. The van der Waals surface area contributed by atoms with Gasteiger partial charge >= 0.3 is 0 Å². The molecular formula is C21H21NO5S. The number of nitrogens with zero attached hydrogens (tertiary/aromatic N) is 1. The largest absolute Gasteiger partial charge is 0.497 e. The Morgan fingerprint density at radius 2 is 0.893 bits per heavy atom. The minimum atomic E-state index is -3.88. The third-order valence-corrected chi connectivity index (χ3v) is 5.98. The molecule has 0 heterocycles. The van der Waals surface area contributed by atoms with Crippen molar-refractivity contribution in [3.8, 4) is 17.2 Å². The average Bonchev–Trinajstić information content (AvgIpc) is 2.75. The van der Waals surface area contributed by atoms with Crippen molar-refractivity contribution in [1.29, 1.82) is 0 Å². The summed E-state index contributed by atoms with van der Waals surface area (Å²) < 4.78 is 43.7. The smallest absolute Gasteiger partial charge is 0.268 e. The van der Waals surface area contributed by atoms with Gasteiger partial charge in [-0.25, -0.2) is 12.7 Å². The second-order valence-electron chi connectivity index (χ2n) is 5.84. The van der Waals surface area contributed by atoms with Crippen LogP contribution in [0.2, 0.25) is 0 Å². The molecule has 28 heavy (non-hydrogen) atoms. The molecule has 0 spiro atoms. The molecule has 3 aromatic carbocycles. The number of hydrogen-bond acceptors (Lipinski definition) is 5. The summed E-state index contributed by atoms with van der Waals surface area (Å²) in [5.41, 5.74) is 0.976. The van der Waals surface area contributed by atoms with E-state index in [9.17, 15) is 8.42 Å². The zero-order chi connectivity index (χ0) is 20.1. The monoisotopic (exact) mass is 399 g/mol. The maximum Gasteiger partial charge on any atom is 0.268 e. The van der Waals surface area contributed by atoms with Gasteiger partial charge in [0.05, 0.1) is 37.6 Å². The molecule has 0 unspecified atom stereocenters. The van der Waals surface area contributed by atoms with Gasteiger partial charge in [0.15, 0.2) is 0 Å². The summed E-state index contributed by atoms with van der Waals surface area (Å²) in [5.74, 6) is 1.86. The molecule has 3 rings (SSSR count). The topological polar surface area (TPSA) is 65.1 Å². The van der Waals surface area contributed by atoms with Gasteiger partial charge in [-0.2, -0.15) is 0 Å². The second-order valence-corrected chi connectivity index (χ2v) is 7.63. The van der Waals surface area contributed by atoms with E-state index in [1.165, 1.54) is 23.5 Å². The predicted molar refractivity (Wildman–Crippen MR) is 108 cm³/mol. The Balaban J connectivity index is 2.12. The molecule has 0 aromatic heterocycles. The molecule has 0 aliphatic heterocycles. The molecule has 0 aliphatic rings. The van der Waals surface area contributed by atoms with Crippen LogP contribution in [0.5, 0.6) is 17.2 Å². The molecule has 0 amide bonds. The lowest BCUT2D eigenvalue weighted by molar-refractivity contribution is 0.414. The van der Waals surface area contributed by atoms with E-state index in [0.717, 1.165) is 0 Å². The summed E-state index contributed by atoms with van der Waals surface area (Å²) in [6.45, 7) is 0. The molecule has 6 nitrogen and oxygen atoms in total. The van der Waals surface area contributed by atoms with E-state index in [2.05, 4.69) is 0 Å². The molecule has 0 radical (unpaired) electrons. The maximum absolute atomic E-state index is 13.5. The van der Waals surface area contributed by atoms with Gasteiger partial charge in [-0.3, -0.25) is 0 Å². The highest BCUT2D eigenvalue weighted by Crippen LogP contribution is 2.34. The summed E-state index contributed by atoms with van der Waals surface area (Å²) in [4.78, 5) is 0.153. The lowest BCUT2D eigenvalue weighted by Crippen LogP contribution is -2.26. The third-order valence-electron chi connectivity index (χ3n) is 4.21. The normalized spacial score (nSPS) is 11.0. The molecule has 0 saturated heterocycles. The molecule has 0 saturated carbocycles. The fourth-order valence-electron chi connectivity index (χ4n) is 2.71. The van der Waals surface area contributed by atoms with Gasteiger partial charge < -0.3 is 14.2 Å². The van der Waals surface area contributed by atoms with Crippen molar-refractivity contribution in [2.24, 2.45) is 0 Å². The van der Waals surface area contributed by atoms with Crippen LogP contribution in [-0.2, 0) is 10.0 Å². The highest BCUT2D eigenvalue weighted by atomic mass is 32.2. The SMILES string of the molecule is COc1ccc(N(c2ccc(OC)cc2)S(=O)(=O)c2ccc(OC)cc2)cc1. The van der Waals surface area contributed by atoms with Gasteiger partial charge in [-0.15, -0.1) is 0 Å². The Morgan fingerprint density at radius 1 is 0.571 bits per heavy atom. The number of hydrogen-bond donors (Lipinski definition) is 0. The fourth-order valence-corrected chi connectivity index (χ4v) is 4.20. The van der Waals surface area contributed by atoms with E-state index in [1.54, 1.807) is 74.9 Å². The van der Waals surface area contributed by atoms with Gasteiger partial charge in [-0.1, -0.05) is 0 Å². The first-order valence-corrected chi connectivity index (χ1v) is 9.91. The predicted octanol–water partition coefficient (Wildman–Crippen LogP) is 4.24. The number of rotatable bonds is 7. The van der Waals surface area contributed by atoms with Gasteiger partial charge in [0.2, 0.25) is 0 Å². The van der Waals surface area contributed by atoms with Crippen molar-refractivity contribution in [3.63, 3.8) is 0 Å². The first-order chi connectivity index (χ1) is 13.5. The molecule has 3 aromatic rings. The van der Waals surface area contributed by atoms with Crippen LogP contribution < -0.4 is 18.5 Å². The first-order valence-electron chi connectivity index (χ1n) is 8.47. The summed E-state index contributed by atoms with van der Waals surface area (Å²) in [5, 5.41) is 0. The Labute approximate surface area is 165 Å². The molecular weight excluding hydrogens is 378 g/mol. The molecule has 146 valence electrons. The van der Waals surface area contributed by atoms with Gasteiger partial charge in [0.25, 0.3) is 10.0 Å². The molecule has 0 N–H and O–H groups in total. The summed E-state index contributed by atoms with van der Waals surface area (Å²) >= 11 is 0. The van der Waals surface area contributed by atoms with Crippen LogP contribution in [0.25, 0.3) is 0 Å². The van der Waals surface area contributed by atoms with Gasteiger partial charge in [-0.05, 0) is 72.8 Å². The van der Waals surface area contributed by atoms with E-state index in [-0.39, 0.29) is 4.90 Å². The van der Waals surface area contributed by atoms with Crippen LogP contribution in [0, 0.1) is 0 Å². The highest BCUT2D eigenvalue weighted by molar-refractivity contribution is 7.93. The van der Waals surface area contributed by atoms with Crippen LogP contribution in [0.3, 0.4) is 0 Å². The highest BCUT2D eigenvalue weighted by Gasteiger charge is 2.27. The first kappa shape index (κ1) is 19.6. The second kappa shape index (κ2) is 8.22.